The Kier molecular flexibility index (Phi) is 4.79. The number of amides is 1. The molecule has 7 heteroatoms. The van der Waals surface area contributed by atoms with Crippen molar-refractivity contribution >= 4 is 16.8 Å². The molecular weight excluding hydrogens is 335 g/mol. The number of aryl methyl sites for hydroxylation is 2. The molecule has 1 atom stereocenters. The average Bonchev–Trinajstić information content (AvgIpc) is 2.59. The third-order valence-corrected chi connectivity index (χ3v) is 4.49. The summed E-state index contributed by atoms with van der Waals surface area (Å²) in [5.41, 5.74) is 2.73. The van der Waals surface area contributed by atoms with E-state index in [1.54, 1.807) is 19.2 Å². The molecule has 1 amide bonds. The van der Waals surface area contributed by atoms with Crippen molar-refractivity contribution in [1.82, 2.24) is 20.5 Å². The number of H-pyrrole nitrogens is 1. The lowest BCUT2D eigenvalue weighted by molar-refractivity contribution is -0.121. The van der Waals surface area contributed by atoms with Crippen LogP contribution < -0.4 is 10.9 Å². The number of pyridine rings is 1. The molecule has 1 aromatic carbocycles. The largest absolute Gasteiger partial charge is 0.349 e. The third kappa shape index (κ3) is 3.46. The molecule has 0 saturated carbocycles. The van der Waals surface area contributed by atoms with Crippen LogP contribution in [0.15, 0.2) is 35.3 Å². The highest BCUT2D eigenvalue weighted by Gasteiger charge is 2.17. The Morgan fingerprint density at radius 3 is 2.81 bits per heavy atom. The van der Waals surface area contributed by atoms with Gasteiger partial charge in [0.05, 0.1) is 18.2 Å². The predicted octanol–water partition coefficient (Wildman–Crippen LogP) is 2.49. The van der Waals surface area contributed by atoms with E-state index in [1.165, 1.54) is 18.2 Å². The number of halogens is 1. The van der Waals surface area contributed by atoms with Gasteiger partial charge in [0.25, 0.3) is 5.56 Å². The summed E-state index contributed by atoms with van der Waals surface area (Å²) >= 11 is 0. The molecule has 2 aromatic heterocycles. The molecule has 6 nitrogen and oxygen atoms in total. The molecule has 0 saturated heterocycles. The summed E-state index contributed by atoms with van der Waals surface area (Å²) in [6.07, 6.45) is 1.48. The van der Waals surface area contributed by atoms with Crippen molar-refractivity contribution in [1.29, 1.82) is 0 Å². The van der Waals surface area contributed by atoms with Crippen LogP contribution in [0.25, 0.3) is 10.9 Å². The van der Waals surface area contributed by atoms with Crippen LogP contribution in [0, 0.1) is 19.7 Å². The molecule has 0 fully saturated rings. The van der Waals surface area contributed by atoms with Crippen molar-refractivity contribution in [2.45, 2.75) is 33.2 Å². The van der Waals surface area contributed by atoms with Gasteiger partial charge in [-0.05, 0) is 56.2 Å². The summed E-state index contributed by atoms with van der Waals surface area (Å²) in [5.74, 6) is -0.685. The molecule has 134 valence electrons. The van der Waals surface area contributed by atoms with E-state index in [9.17, 15) is 14.0 Å². The number of benzene rings is 1. The van der Waals surface area contributed by atoms with Crippen LogP contribution in [-0.4, -0.2) is 21.1 Å². The topological polar surface area (TPSA) is 87.7 Å². The van der Waals surface area contributed by atoms with Crippen LogP contribution in [0.4, 0.5) is 4.39 Å². The Labute approximate surface area is 149 Å². The molecule has 0 aliphatic carbocycles. The van der Waals surface area contributed by atoms with Gasteiger partial charge in [0.2, 0.25) is 5.91 Å². The highest BCUT2D eigenvalue weighted by molar-refractivity contribution is 5.85. The minimum absolute atomic E-state index is 0.0878. The van der Waals surface area contributed by atoms with E-state index in [4.69, 9.17) is 0 Å². The van der Waals surface area contributed by atoms with E-state index in [2.05, 4.69) is 20.5 Å². The van der Waals surface area contributed by atoms with Crippen LogP contribution in [0.1, 0.15) is 35.3 Å². The molecule has 0 unspecified atom stereocenters. The molecule has 0 radical (unpaired) electrons. The number of nitrogens with one attached hydrogen (secondary N) is 2. The summed E-state index contributed by atoms with van der Waals surface area (Å²) in [5, 5.41) is 11.2. The Morgan fingerprint density at radius 1 is 1.31 bits per heavy atom. The Balaban J connectivity index is 1.85. The van der Waals surface area contributed by atoms with Crippen LogP contribution in [0.3, 0.4) is 0 Å². The standard InChI is InChI=1S/C19H19FN4O2/c1-10-15-8-13(20)4-5-17(15)23-19(26)16(10)9-18(25)22-11(2)14-6-7-21-24-12(14)3/h4-8,11H,9H2,1-3H3,(H,22,25)(H,23,26)/t11-/m0/s1. The SMILES string of the molecule is Cc1nnccc1[C@H](C)NC(=O)Cc1c(C)c2cc(F)ccc2[nH]c1=O. The van der Waals surface area contributed by atoms with Crippen molar-refractivity contribution in [3.63, 3.8) is 0 Å². The predicted molar refractivity (Wildman–Crippen MR) is 96.3 cm³/mol. The summed E-state index contributed by atoms with van der Waals surface area (Å²) in [6.45, 7) is 5.38. The monoisotopic (exact) mass is 354 g/mol. The molecule has 3 aromatic rings. The maximum atomic E-state index is 13.5. The maximum absolute atomic E-state index is 13.5. The highest BCUT2D eigenvalue weighted by Crippen LogP contribution is 2.19. The van der Waals surface area contributed by atoms with Gasteiger partial charge in [-0.2, -0.15) is 10.2 Å². The van der Waals surface area contributed by atoms with E-state index < -0.39 is 5.82 Å². The number of aromatic nitrogens is 3. The number of nitrogens with zero attached hydrogens (tertiary/aromatic N) is 2. The first-order valence-corrected chi connectivity index (χ1v) is 8.25. The van der Waals surface area contributed by atoms with Gasteiger partial charge in [0.15, 0.2) is 0 Å². The molecule has 0 spiro atoms. The quantitative estimate of drug-likeness (QED) is 0.753. The Hall–Kier alpha value is -3.09. The Morgan fingerprint density at radius 2 is 2.08 bits per heavy atom. The van der Waals surface area contributed by atoms with Gasteiger partial charge in [-0.25, -0.2) is 4.39 Å². The molecule has 0 aliphatic heterocycles. The van der Waals surface area contributed by atoms with E-state index in [0.717, 1.165) is 11.3 Å². The zero-order valence-corrected chi connectivity index (χ0v) is 14.8. The second-order valence-corrected chi connectivity index (χ2v) is 6.29. The van der Waals surface area contributed by atoms with Crippen LogP contribution in [0.2, 0.25) is 0 Å². The first kappa shape index (κ1) is 17.7. The molecule has 3 rings (SSSR count). The number of fused-ring (bicyclic) bond motifs is 1. The summed E-state index contributed by atoms with van der Waals surface area (Å²) in [4.78, 5) is 27.5. The van der Waals surface area contributed by atoms with E-state index in [0.29, 0.717) is 22.0 Å². The van der Waals surface area contributed by atoms with E-state index in [-0.39, 0.29) is 23.9 Å². The minimum Gasteiger partial charge on any atom is -0.349 e. The number of carbonyl (C=O) groups is 1. The number of carbonyl (C=O) groups excluding carboxylic acids is 1. The van der Waals surface area contributed by atoms with Crippen molar-refractivity contribution in [2.75, 3.05) is 0 Å². The number of hydrogen-bond donors (Lipinski definition) is 2. The first-order valence-electron chi connectivity index (χ1n) is 8.25. The van der Waals surface area contributed by atoms with Crippen molar-refractivity contribution in [3.8, 4) is 0 Å². The van der Waals surface area contributed by atoms with E-state index >= 15 is 0 Å². The van der Waals surface area contributed by atoms with Crippen molar-refractivity contribution in [2.24, 2.45) is 0 Å². The second kappa shape index (κ2) is 7.03. The van der Waals surface area contributed by atoms with E-state index in [1.807, 2.05) is 13.8 Å². The molecule has 26 heavy (non-hydrogen) atoms. The van der Waals surface area contributed by atoms with Gasteiger partial charge >= 0.3 is 0 Å². The zero-order chi connectivity index (χ0) is 18.8. The summed E-state index contributed by atoms with van der Waals surface area (Å²) < 4.78 is 13.5. The lowest BCUT2D eigenvalue weighted by atomic mass is 10.0. The van der Waals surface area contributed by atoms with Crippen LogP contribution in [0.5, 0.6) is 0 Å². The van der Waals surface area contributed by atoms with Gasteiger partial charge in [-0.3, -0.25) is 9.59 Å². The molecule has 2 heterocycles. The second-order valence-electron chi connectivity index (χ2n) is 6.29. The lowest BCUT2D eigenvalue weighted by Crippen LogP contribution is -2.31. The lowest BCUT2D eigenvalue weighted by Gasteiger charge is -2.16. The van der Waals surface area contributed by atoms with Crippen LogP contribution in [-0.2, 0) is 11.2 Å². The fourth-order valence-corrected chi connectivity index (χ4v) is 3.08. The molecule has 2 N–H and O–H groups in total. The van der Waals surface area contributed by atoms with Gasteiger partial charge in [-0.15, -0.1) is 0 Å². The minimum atomic E-state index is -0.391. The smallest absolute Gasteiger partial charge is 0.252 e. The van der Waals surface area contributed by atoms with Gasteiger partial charge in [0.1, 0.15) is 5.82 Å². The molecular formula is C19H19FN4O2. The maximum Gasteiger partial charge on any atom is 0.252 e. The average molecular weight is 354 g/mol. The molecule has 0 aliphatic rings. The Bertz CT molecular complexity index is 1050. The van der Waals surface area contributed by atoms with Gasteiger partial charge in [-0.1, -0.05) is 0 Å². The fourth-order valence-electron chi connectivity index (χ4n) is 3.08. The van der Waals surface area contributed by atoms with Crippen LogP contribution >= 0.6 is 0 Å². The van der Waals surface area contributed by atoms with Gasteiger partial charge in [0, 0.05) is 22.7 Å². The van der Waals surface area contributed by atoms with Crippen molar-refractivity contribution in [3.05, 3.63) is 69.0 Å². The normalized spacial score (nSPS) is 12.2. The molecule has 0 bridgehead atoms. The summed E-state index contributed by atoms with van der Waals surface area (Å²) in [7, 11) is 0. The highest BCUT2D eigenvalue weighted by atomic mass is 19.1. The first-order chi connectivity index (χ1) is 12.4. The number of aromatic amines is 1. The number of rotatable bonds is 4. The van der Waals surface area contributed by atoms with Gasteiger partial charge < -0.3 is 10.3 Å². The van der Waals surface area contributed by atoms with Crippen molar-refractivity contribution < 1.29 is 9.18 Å². The fraction of sp³-hybridized carbons (Fsp3) is 0.263. The number of hydrogen-bond acceptors (Lipinski definition) is 4. The zero-order valence-electron chi connectivity index (χ0n) is 14.8. The third-order valence-electron chi connectivity index (χ3n) is 4.49. The summed E-state index contributed by atoms with van der Waals surface area (Å²) in [6, 6.07) is 5.69.